The van der Waals surface area contributed by atoms with E-state index in [0.717, 1.165) is 35.9 Å². The molecule has 4 aromatic rings. The van der Waals surface area contributed by atoms with Gasteiger partial charge < -0.3 is 5.32 Å². The fourth-order valence-corrected chi connectivity index (χ4v) is 3.29. The molecule has 0 bridgehead atoms. The van der Waals surface area contributed by atoms with Gasteiger partial charge in [-0.05, 0) is 25.1 Å². The maximum atomic E-state index is 14.6. The highest BCUT2D eigenvalue weighted by atomic mass is 19.4. The van der Waals surface area contributed by atoms with Crippen LogP contribution in [0.1, 0.15) is 35.9 Å². The van der Waals surface area contributed by atoms with Crippen molar-refractivity contribution in [2.24, 2.45) is 7.05 Å². The van der Waals surface area contributed by atoms with Crippen LogP contribution in [0.3, 0.4) is 0 Å². The third-order valence-corrected chi connectivity index (χ3v) is 5.02. The van der Waals surface area contributed by atoms with Crippen molar-refractivity contribution in [3.8, 4) is 16.9 Å². The lowest BCUT2D eigenvalue weighted by molar-refractivity contribution is -0.140. The van der Waals surface area contributed by atoms with Crippen LogP contribution >= 0.6 is 0 Å². The maximum absolute atomic E-state index is 14.6. The lowest BCUT2D eigenvalue weighted by Crippen LogP contribution is -2.31. The Morgan fingerprint density at radius 2 is 1.94 bits per heavy atom. The van der Waals surface area contributed by atoms with E-state index in [4.69, 9.17) is 1.37 Å². The summed E-state index contributed by atoms with van der Waals surface area (Å²) < 4.78 is 64.5. The van der Waals surface area contributed by atoms with Gasteiger partial charge in [0.25, 0.3) is 11.5 Å². The Balaban J connectivity index is 1.66. The lowest BCUT2D eigenvalue weighted by atomic mass is 10.0. The molecular weight excluding hydrogens is 470 g/mol. The second-order valence-corrected chi connectivity index (χ2v) is 7.39. The molecule has 0 aliphatic heterocycles. The van der Waals surface area contributed by atoms with Gasteiger partial charge in [0.15, 0.2) is 0 Å². The molecule has 0 unspecified atom stereocenters. The first kappa shape index (κ1) is 22.4. The molecular formula is C22H17F4N7O2. The topological polar surface area (TPSA) is 108 Å². The molecule has 0 aliphatic carbocycles. The zero-order chi connectivity index (χ0) is 26.3. The van der Waals surface area contributed by atoms with E-state index in [2.05, 4.69) is 25.7 Å². The van der Waals surface area contributed by atoms with Crippen molar-refractivity contribution in [3.63, 3.8) is 0 Å². The number of aromatic nitrogens is 6. The van der Waals surface area contributed by atoms with E-state index >= 15 is 0 Å². The highest BCUT2D eigenvalue weighted by Gasteiger charge is 2.35. The minimum Gasteiger partial charge on any atom is -0.344 e. The Hall–Kier alpha value is -4.42. The Labute approximate surface area is 196 Å². The molecule has 0 saturated carbocycles. The summed E-state index contributed by atoms with van der Waals surface area (Å²) in [5.74, 6) is -2.69. The van der Waals surface area contributed by atoms with Crippen LogP contribution in [0.25, 0.3) is 16.9 Å². The van der Waals surface area contributed by atoms with Crippen molar-refractivity contribution < 1.29 is 23.7 Å². The van der Waals surface area contributed by atoms with Gasteiger partial charge in [0.05, 0.1) is 36.7 Å². The molecule has 0 aliphatic rings. The van der Waals surface area contributed by atoms with E-state index in [9.17, 15) is 27.2 Å². The molecule has 0 spiro atoms. The number of hydrogen-bond donors (Lipinski definition) is 1. The summed E-state index contributed by atoms with van der Waals surface area (Å²) in [6, 6.07) is 3.85. The smallest absolute Gasteiger partial charge is 0.344 e. The van der Waals surface area contributed by atoms with E-state index < -0.39 is 40.6 Å². The third kappa shape index (κ3) is 4.78. The lowest BCUT2D eigenvalue weighted by Gasteiger charge is -2.17. The number of amides is 1. The zero-order valence-electron chi connectivity index (χ0n) is 19.2. The molecule has 35 heavy (non-hydrogen) atoms. The van der Waals surface area contributed by atoms with Crippen molar-refractivity contribution in [2.75, 3.05) is 0 Å². The van der Waals surface area contributed by atoms with E-state index in [0.29, 0.717) is 17.3 Å². The van der Waals surface area contributed by atoms with E-state index in [1.54, 1.807) is 13.1 Å². The molecule has 1 amide bonds. The van der Waals surface area contributed by atoms with Crippen LogP contribution in [0.4, 0.5) is 17.6 Å². The molecule has 1 atom stereocenters. The second kappa shape index (κ2) is 9.08. The summed E-state index contributed by atoms with van der Waals surface area (Å²) in [6.45, 7) is 1.02. The van der Waals surface area contributed by atoms with Gasteiger partial charge in [0.2, 0.25) is 0 Å². The second-order valence-electron chi connectivity index (χ2n) is 7.39. The monoisotopic (exact) mass is 488 g/mol. The van der Waals surface area contributed by atoms with Crippen LogP contribution in [-0.4, -0.2) is 35.7 Å². The minimum atomic E-state index is -4.98. The fourth-order valence-electron chi connectivity index (χ4n) is 3.29. The van der Waals surface area contributed by atoms with E-state index in [-0.39, 0.29) is 11.4 Å². The van der Waals surface area contributed by atoms with Gasteiger partial charge in [-0.15, -0.1) is 5.10 Å². The van der Waals surface area contributed by atoms with Crippen LogP contribution in [0.5, 0.6) is 0 Å². The fraction of sp³-hybridized carbons (Fsp3) is 0.182. The molecule has 4 rings (SSSR count). The summed E-state index contributed by atoms with van der Waals surface area (Å²) in [5, 5.41) is 13.8. The quantitative estimate of drug-likeness (QED) is 0.433. The number of benzene rings is 1. The van der Waals surface area contributed by atoms with Gasteiger partial charge in [0, 0.05) is 30.4 Å². The van der Waals surface area contributed by atoms with Gasteiger partial charge >= 0.3 is 6.18 Å². The summed E-state index contributed by atoms with van der Waals surface area (Å²) in [5.41, 5.74) is -1.84. The average Bonchev–Trinajstić information content (AvgIpc) is 3.24. The van der Waals surface area contributed by atoms with Crippen molar-refractivity contribution in [1.29, 1.82) is 0 Å². The molecule has 0 radical (unpaired) electrons. The largest absolute Gasteiger partial charge is 0.419 e. The predicted molar refractivity (Wildman–Crippen MR) is 115 cm³/mol. The van der Waals surface area contributed by atoms with Gasteiger partial charge in [-0.25, -0.2) is 9.07 Å². The van der Waals surface area contributed by atoms with Gasteiger partial charge in [-0.3, -0.25) is 14.6 Å². The molecule has 3 heterocycles. The summed E-state index contributed by atoms with van der Waals surface area (Å²) in [4.78, 5) is 29.4. The average molecular weight is 488 g/mol. The number of rotatable bonds is 5. The molecule has 1 aromatic carbocycles. The third-order valence-electron chi connectivity index (χ3n) is 5.02. The van der Waals surface area contributed by atoms with Crippen LogP contribution in [0.2, 0.25) is 0 Å². The van der Waals surface area contributed by atoms with Gasteiger partial charge in [-0.1, -0.05) is 17.3 Å². The normalized spacial score (nSPS) is 13.7. The number of hydrogen-bond acceptors (Lipinski definition) is 6. The number of aryl methyl sites for hydroxylation is 1. The molecule has 0 fully saturated rings. The van der Waals surface area contributed by atoms with E-state index in [1.165, 1.54) is 23.3 Å². The zero-order valence-corrected chi connectivity index (χ0v) is 18.2. The highest BCUT2D eigenvalue weighted by molar-refractivity contribution is 5.92. The Morgan fingerprint density at radius 3 is 2.63 bits per heavy atom. The van der Waals surface area contributed by atoms with Gasteiger partial charge in [0.1, 0.15) is 11.5 Å². The van der Waals surface area contributed by atoms with Crippen molar-refractivity contribution >= 4 is 5.91 Å². The minimum absolute atomic E-state index is 0.200. The predicted octanol–water partition coefficient (Wildman–Crippen LogP) is 3.07. The first-order chi connectivity index (χ1) is 16.9. The molecule has 3 aromatic heterocycles. The SMILES string of the molecule is [2H][C@](C)(NC(=O)c1ccc(=O)n(-c2cncc(-c3cnnn3C)c2)n1)c1cccc(C(F)(F)F)c1F. The Kier molecular flexibility index (Phi) is 5.81. The van der Waals surface area contributed by atoms with Crippen LogP contribution < -0.4 is 10.9 Å². The summed E-state index contributed by atoms with van der Waals surface area (Å²) >= 11 is 0. The number of carbonyl (C=O) groups excluding carboxylic acids is 1. The van der Waals surface area contributed by atoms with Gasteiger partial charge in [-0.2, -0.15) is 23.0 Å². The molecule has 9 nitrogen and oxygen atoms in total. The number of pyridine rings is 1. The number of carbonyl (C=O) groups is 1. The van der Waals surface area contributed by atoms with Crippen LogP contribution in [-0.2, 0) is 13.2 Å². The standard InChI is InChI=1S/C22H17F4N7O2/c1-12(15-4-3-5-16(20(15)23)22(24,25)26)29-21(35)17-6-7-19(34)33(30-17)14-8-13(9-27-10-14)18-11-28-31-32(18)2/h3-12H,1-2H3,(H,29,35)/t12-/m1/s1/i12D. The molecule has 180 valence electrons. The van der Waals surface area contributed by atoms with Crippen molar-refractivity contribution in [1.82, 2.24) is 35.1 Å². The molecule has 13 heteroatoms. The number of nitrogens with zero attached hydrogens (tertiary/aromatic N) is 6. The summed E-state index contributed by atoms with van der Waals surface area (Å²) in [6.07, 6.45) is -0.650. The maximum Gasteiger partial charge on any atom is 0.419 e. The first-order valence-corrected chi connectivity index (χ1v) is 9.98. The molecule has 1 N–H and O–H groups in total. The van der Waals surface area contributed by atoms with Crippen molar-refractivity contribution in [2.45, 2.75) is 19.1 Å². The highest BCUT2D eigenvalue weighted by Crippen LogP contribution is 2.33. The van der Waals surface area contributed by atoms with Crippen molar-refractivity contribution in [3.05, 3.63) is 88.0 Å². The number of nitrogens with one attached hydrogen (secondary N) is 1. The Bertz CT molecular complexity index is 1510. The summed E-state index contributed by atoms with van der Waals surface area (Å²) in [7, 11) is 1.66. The first-order valence-electron chi connectivity index (χ1n) is 10.5. The van der Waals surface area contributed by atoms with E-state index in [1.807, 2.05) is 0 Å². The van der Waals surface area contributed by atoms with Crippen LogP contribution in [0.15, 0.2) is 59.8 Å². The number of halogens is 4. The van der Waals surface area contributed by atoms with Crippen LogP contribution in [0, 0.1) is 5.82 Å². The Morgan fingerprint density at radius 1 is 1.17 bits per heavy atom. The molecule has 0 saturated heterocycles. The number of alkyl halides is 3.